The maximum atomic E-state index is 11.7. The first-order chi connectivity index (χ1) is 9.19. The minimum absolute atomic E-state index is 0.276. The standard InChI is InChI=1S/C13H23N3O3/c1-19-13(18)15-12(17)9-16(11-5-6-11)8-10-4-2-3-7-14-10/h10-11,14H,2-9H2,1H3,(H,15,17,18). The predicted octanol–water partition coefficient (Wildman–Crippen LogP) is 0.475. The summed E-state index contributed by atoms with van der Waals surface area (Å²) in [5.41, 5.74) is 0. The van der Waals surface area contributed by atoms with Crippen LogP contribution < -0.4 is 10.6 Å². The van der Waals surface area contributed by atoms with Gasteiger partial charge in [-0.1, -0.05) is 6.42 Å². The Kier molecular flexibility index (Phi) is 5.15. The predicted molar refractivity (Wildman–Crippen MR) is 70.8 cm³/mol. The van der Waals surface area contributed by atoms with Gasteiger partial charge in [-0.2, -0.15) is 0 Å². The molecule has 1 atom stereocenters. The molecule has 6 heteroatoms. The van der Waals surface area contributed by atoms with E-state index in [0.29, 0.717) is 12.1 Å². The number of carbonyl (C=O) groups is 2. The third-order valence-corrected chi connectivity index (χ3v) is 3.70. The van der Waals surface area contributed by atoms with Crippen LogP contribution in [0.1, 0.15) is 32.1 Å². The zero-order valence-corrected chi connectivity index (χ0v) is 11.5. The van der Waals surface area contributed by atoms with Crippen LogP contribution in [0.4, 0.5) is 4.79 Å². The molecular formula is C13H23N3O3. The second-order valence-electron chi connectivity index (χ2n) is 5.35. The van der Waals surface area contributed by atoms with E-state index in [2.05, 4.69) is 20.3 Å². The Morgan fingerprint density at radius 2 is 2.11 bits per heavy atom. The number of imide groups is 1. The van der Waals surface area contributed by atoms with Crippen molar-refractivity contribution < 1.29 is 14.3 Å². The lowest BCUT2D eigenvalue weighted by Gasteiger charge is -2.30. The summed E-state index contributed by atoms with van der Waals surface area (Å²) in [5, 5.41) is 5.71. The van der Waals surface area contributed by atoms with Crippen LogP contribution in [0.3, 0.4) is 0 Å². The van der Waals surface area contributed by atoms with Crippen molar-refractivity contribution in [3.05, 3.63) is 0 Å². The summed E-state index contributed by atoms with van der Waals surface area (Å²) in [7, 11) is 1.26. The summed E-state index contributed by atoms with van der Waals surface area (Å²) in [5.74, 6) is -0.283. The number of alkyl carbamates (subject to hydrolysis) is 1. The van der Waals surface area contributed by atoms with Gasteiger partial charge in [0.15, 0.2) is 0 Å². The molecule has 0 aromatic carbocycles. The molecule has 6 nitrogen and oxygen atoms in total. The summed E-state index contributed by atoms with van der Waals surface area (Å²) in [6.07, 6.45) is 5.28. The highest BCUT2D eigenvalue weighted by molar-refractivity contribution is 5.92. The smallest absolute Gasteiger partial charge is 0.413 e. The normalized spacial score (nSPS) is 23.2. The second-order valence-corrected chi connectivity index (χ2v) is 5.35. The van der Waals surface area contributed by atoms with Crippen molar-refractivity contribution in [1.29, 1.82) is 0 Å². The Hall–Kier alpha value is -1.14. The van der Waals surface area contributed by atoms with Gasteiger partial charge in [0.1, 0.15) is 0 Å². The largest absolute Gasteiger partial charge is 0.453 e. The molecule has 0 radical (unpaired) electrons. The van der Waals surface area contributed by atoms with Gasteiger partial charge in [0, 0.05) is 18.6 Å². The molecule has 1 saturated heterocycles. The molecule has 2 N–H and O–H groups in total. The van der Waals surface area contributed by atoms with E-state index in [4.69, 9.17) is 0 Å². The summed E-state index contributed by atoms with van der Waals surface area (Å²) < 4.78 is 4.43. The molecule has 108 valence electrons. The summed E-state index contributed by atoms with van der Waals surface area (Å²) in [4.78, 5) is 24.9. The SMILES string of the molecule is COC(=O)NC(=O)CN(CC1CCCCN1)C1CC1. The maximum Gasteiger partial charge on any atom is 0.413 e. The van der Waals surface area contributed by atoms with E-state index in [-0.39, 0.29) is 12.5 Å². The van der Waals surface area contributed by atoms with Crippen molar-refractivity contribution in [3.63, 3.8) is 0 Å². The summed E-state index contributed by atoms with van der Waals surface area (Å²) in [6, 6.07) is 0.979. The lowest BCUT2D eigenvalue weighted by atomic mass is 10.0. The van der Waals surface area contributed by atoms with Gasteiger partial charge in [-0.3, -0.25) is 15.0 Å². The molecule has 1 unspecified atom stereocenters. The van der Waals surface area contributed by atoms with Gasteiger partial charge in [0.05, 0.1) is 13.7 Å². The number of methoxy groups -OCH3 is 1. The highest BCUT2D eigenvalue weighted by Gasteiger charge is 2.32. The Morgan fingerprint density at radius 3 is 2.68 bits per heavy atom. The lowest BCUT2D eigenvalue weighted by Crippen LogP contribution is -2.48. The fraction of sp³-hybridized carbons (Fsp3) is 0.846. The Morgan fingerprint density at radius 1 is 1.32 bits per heavy atom. The lowest BCUT2D eigenvalue weighted by molar-refractivity contribution is -0.121. The molecule has 0 aromatic rings. The number of carbonyl (C=O) groups excluding carboxylic acids is 2. The van der Waals surface area contributed by atoms with Crippen LogP contribution in [0.5, 0.6) is 0 Å². The zero-order chi connectivity index (χ0) is 13.7. The number of rotatable bonds is 5. The van der Waals surface area contributed by atoms with E-state index in [9.17, 15) is 9.59 Å². The van der Waals surface area contributed by atoms with Crippen LogP contribution >= 0.6 is 0 Å². The summed E-state index contributed by atoms with van der Waals surface area (Å²) >= 11 is 0. The molecular weight excluding hydrogens is 246 g/mol. The fourth-order valence-corrected chi connectivity index (χ4v) is 2.53. The molecule has 19 heavy (non-hydrogen) atoms. The first-order valence-corrected chi connectivity index (χ1v) is 7.04. The second kappa shape index (κ2) is 6.86. The average Bonchev–Trinajstić information content (AvgIpc) is 3.23. The quantitative estimate of drug-likeness (QED) is 0.759. The number of nitrogens with zero attached hydrogens (tertiary/aromatic N) is 1. The number of piperidine rings is 1. The molecule has 0 bridgehead atoms. The first kappa shape index (κ1) is 14.3. The molecule has 2 fully saturated rings. The van der Waals surface area contributed by atoms with Crippen molar-refractivity contribution in [3.8, 4) is 0 Å². The highest BCUT2D eigenvalue weighted by atomic mass is 16.5. The van der Waals surface area contributed by atoms with E-state index < -0.39 is 6.09 Å². The number of amides is 2. The third-order valence-electron chi connectivity index (χ3n) is 3.70. The van der Waals surface area contributed by atoms with Gasteiger partial charge in [-0.05, 0) is 32.2 Å². The fourth-order valence-electron chi connectivity index (χ4n) is 2.53. The van der Waals surface area contributed by atoms with Gasteiger partial charge in [-0.15, -0.1) is 0 Å². The van der Waals surface area contributed by atoms with Crippen LogP contribution in [0.25, 0.3) is 0 Å². The molecule has 1 heterocycles. The van der Waals surface area contributed by atoms with Crippen LogP contribution in [0, 0.1) is 0 Å². The number of hydrogen-bond acceptors (Lipinski definition) is 5. The van der Waals surface area contributed by atoms with Gasteiger partial charge in [0.25, 0.3) is 0 Å². The van der Waals surface area contributed by atoms with E-state index in [1.807, 2.05) is 0 Å². The number of ether oxygens (including phenoxy) is 1. The van der Waals surface area contributed by atoms with E-state index in [1.54, 1.807) is 0 Å². The van der Waals surface area contributed by atoms with Crippen molar-refractivity contribution in [1.82, 2.24) is 15.5 Å². The van der Waals surface area contributed by atoms with Crippen molar-refractivity contribution in [2.45, 2.75) is 44.2 Å². The molecule has 1 saturated carbocycles. The monoisotopic (exact) mass is 269 g/mol. The Balaban J connectivity index is 1.78. The van der Waals surface area contributed by atoms with Gasteiger partial charge >= 0.3 is 6.09 Å². The first-order valence-electron chi connectivity index (χ1n) is 7.04. The van der Waals surface area contributed by atoms with Crippen molar-refractivity contribution >= 4 is 12.0 Å². The van der Waals surface area contributed by atoms with Crippen molar-refractivity contribution in [2.75, 3.05) is 26.7 Å². The van der Waals surface area contributed by atoms with Gasteiger partial charge < -0.3 is 10.1 Å². The molecule has 0 aromatic heterocycles. The van der Waals surface area contributed by atoms with Gasteiger partial charge in [0.2, 0.25) is 5.91 Å². The number of nitrogens with one attached hydrogen (secondary N) is 2. The van der Waals surface area contributed by atoms with Crippen molar-refractivity contribution in [2.24, 2.45) is 0 Å². The van der Waals surface area contributed by atoms with Crippen LogP contribution in [-0.4, -0.2) is 55.7 Å². The molecule has 1 aliphatic heterocycles. The van der Waals surface area contributed by atoms with E-state index in [0.717, 1.165) is 25.9 Å². The average molecular weight is 269 g/mol. The zero-order valence-electron chi connectivity index (χ0n) is 11.5. The number of hydrogen-bond donors (Lipinski definition) is 2. The van der Waals surface area contributed by atoms with Gasteiger partial charge in [-0.25, -0.2) is 4.79 Å². The molecule has 0 spiro atoms. The van der Waals surface area contributed by atoms with Crippen LogP contribution in [0.2, 0.25) is 0 Å². The van der Waals surface area contributed by atoms with E-state index in [1.165, 1.54) is 26.4 Å². The molecule has 1 aliphatic carbocycles. The van der Waals surface area contributed by atoms with Crippen LogP contribution in [-0.2, 0) is 9.53 Å². The summed E-state index contributed by atoms with van der Waals surface area (Å²) in [6.45, 7) is 2.23. The Bertz CT molecular complexity index is 325. The Labute approximate surface area is 113 Å². The molecule has 2 rings (SSSR count). The topological polar surface area (TPSA) is 70.7 Å². The molecule has 2 aliphatic rings. The molecule has 2 amide bonds. The maximum absolute atomic E-state index is 11.7. The highest BCUT2D eigenvalue weighted by Crippen LogP contribution is 2.27. The van der Waals surface area contributed by atoms with Crippen LogP contribution in [0.15, 0.2) is 0 Å². The minimum atomic E-state index is -0.684. The minimum Gasteiger partial charge on any atom is -0.453 e. The van der Waals surface area contributed by atoms with E-state index >= 15 is 0 Å². The third kappa shape index (κ3) is 4.80.